The lowest BCUT2D eigenvalue weighted by atomic mass is 10.1. The lowest BCUT2D eigenvalue weighted by molar-refractivity contribution is 0.102. The van der Waals surface area contributed by atoms with Crippen LogP contribution in [0.25, 0.3) is 0 Å². The lowest BCUT2D eigenvalue weighted by Crippen LogP contribution is -2.11. The molecule has 4 heteroatoms. The SMILES string of the molecule is CCn1ccnc1C(=O)c1ccncc1C. The van der Waals surface area contributed by atoms with Gasteiger partial charge in [-0.2, -0.15) is 0 Å². The van der Waals surface area contributed by atoms with Crippen LogP contribution in [-0.4, -0.2) is 20.3 Å². The van der Waals surface area contributed by atoms with Gasteiger partial charge in [0.25, 0.3) is 0 Å². The Morgan fingerprint density at radius 2 is 2.25 bits per heavy atom. The van der Waals surface area contributed by atoms with E-state index in [4.69, 9.17) is 0 Å². The Hall–Kier alpha value is -1.97. The summed E-state index contributed by atoms with van der Waals surface area (Å²) in [7, 11) is 0. The molecule has 16 heavy (non-hydrogen) atoms. The van der Waals surface area contributed by atoms with Crippen LogP contribution in [0.2, 0.25) is 0 Å². The Bertz CT molecular complexity index is 516. The summed E-state index contributed by atoms with van der Waals surface area (Å²) < 4.78 is 1.84. The molecule has 0 atom stereocenters. The van der Waals surface area contributed by atoms with Crippen LogP contribution in [0.3, 0.4) is 0 Å². The van der Waals surface area contributed by atoms with Gasteiger partial charge in [0.15, 0.2) is 5.82 Å². The zero-order valence-electron chi connectivity index (χ0n) is 9.34. The number of pyridine rings is 1. The molecule has 4 nitrogen and oxygen atoms in total. The van der Waals surface area contributed by atoms with Crippen molar-refractivity contribution in [1.29, 1.82) is 0 Å². The van der Waals surface area contributed by atoms with Gasteiger partial charge in [-0.25, -0.2) is 4.98 Å². The molecule has 82 valence electrons. The van der Waals surface area contributed by atoms with E-state index in [2.05, 4.69) is 9.97 Å². The maximum absolute atomic E-state index is 12.2. The van der Waals surface area contributed by atoms with Crippen molar-refractivity contribution in [2.75, 3.05) is 0 Å². The molecule has 0 N–H and O–H groups in total. The highest BCUT2D eigenvalue weighted by Gasteiger charge is 2.16. The first kappa shape index (κ1) is 10.5. The van der Waals surface area contributed by atoms with E-state index in [0.29, 0.717) is 11.4 Å². The number of imidazole rings is 1. The molecule has 2 rings (SSSR count). The van der Waals surface area contributed by atoms with Gasteiger partial charge in [0.05, 0.1) is 0 Å². The van der Waals surface area contributed by atoms with Gasteiger partial charge < -0.3 is 4.57 Å². The fraction of sp³-hybridized carbons (Fsp3) is 0.250. The van der Waals surface area contributed by atoms with Gasteiger partial charge in [0, 0.05) is 36.9 Å². The third-order valence-electron chi connectivity index (χ3n) is 2.52. The predicted octanol–water partition coefficient (Wildman–Crippen LogP) is 1.84. The second-order valence-electron chi connectivity index (χ2n) is 3.56. The van der Waals surface area contributed by atoms with Crippen LogP contribution in [-0.2, 0) is 6.54 Å². The summed E-state index contributed by atoms with van der Waals surface area (Å²) in [5.74, 6) is 0.434. The van der Waals surface area contributed by atoms with Crippen molar-refractivity contribution in [3.63, 3.8) is 0 Å². The maximum atomic E-state index is 12.2. The van der Waals surface area contributed by atoms with Crippen molar-refractivity contribution < 1.29 is 4.79 Å². The molecule has 2 aromatic heterocycles. The number of ketones is 1. The highest BCUT2D eigenvalue weighted by molar-refractivity contribution is 6.07. The van der Waals surface area contributed by atoms with Crippen LogP contribution in [0.1, 0.15) is 28.7 Å². The van der Waals surface area contributed by atoms with Crippen molar-refractivity contribution >= 4 is 5.78 Å². The van der Waals surface area contributed by atoms with E-state index >= 15 is 0 Å². The fourth-order valence-corrected chi connectivity index (χ4v) is 1.62. The molecule has 0 fully saturated rings. The highest BCUT2D eigenvalue weighted by Crippen LogP contribution is 2.11. The number of nitrogens with zero attached hydrogens (tertiary/aromatic N) is 3. The summed E-state index contributed by atoms with van der Waals surface area (Å²) >= 11 is 0. The van der Waals surface area contributed by atoms with Crippen LogP contribution in [0.4, 0.5) is 0 Å². The number of carbonyl (C=O) groups excluding carboxylic acids is 1. The van der Waals surface area contributed by atoms with E-state index in [-0.39, 0.29) is 5.78 Å². The minimum atomic E-state index is -0.0493. The van der Waals surface area contributed by atoms with Gasteiger partial charge in [-0.15, -0.1) is 0 Å². The lowest BCUT2D eigenvalue weighted by Gasteiger charge is -2.05. The fourth-order valence-electron chi connectivity index (χ4n) is 1.62. The Morgan fingerprint density at radius 1 is 1.44 bits per heavy atom. The first-order chi connectivity index (χ1) is 7.74. The van der Waals surface area contributed by atoms with E-state index < -0.39 is 0 Å². The molecular weight excluding hydrogens is 202 g/mol. The van der Waals surface area contributed by atoms with Gasteiger partial charge in [0.2, 0.25) is 5.78 Å². The van der Waals surface area contributed by atoms with Gasteiger partial charge in [-0.3, -0.25) is 9.78 Å². The Kier molecular flexibility index (Phi) is 2.81. The zero-order chi connectivity index (χ0) is 11.5. The summed E-state index contributed by atoms with van der Waals surface area (Å²) in [6, 6.07) is 1.73. The summed E-state index contributed by atoms with van der Waals surface area (Å²) in [5, 5.41) is 0. The van der Waals surface area contributed by atoms with Crippen molar-refractivity contribution in [2.45, 2.75) is 20.4 Å². The average Bonchev–Trinajstić information content (AvgIpc) is 2.77. The minimum absolute atomic E-state index is 0.0493. The smallest absolute Gasteiger partial charge is 0.228 e. The van der Waals surface area contributed by atoms with Crippen LogP contribution in [0.15, 0.2) is 30.9 Å². The second kappa shape index (κ2) is 4.26. The predicted molar refractivity (Wildman–Crippen MR) is 60.3 cm³/mol. The summed E-state index contributed by atoms with van der Waals surface area (Å²) in [6.45, 7) is 4.60. The first-order valence-electron chi connectivity index (χ1n) is 5.20. The van der Waals surface area contributed by atoms with Crippen LogP contribution in [0, 0.1) is 6.92 Å². The van der Waals surface area contributed by atoms with E-state index in [1.165, 1.54) is 0 Å². The van der Waals surface area contributed by atoms with Gasteiger partial charge in [-0.05, 0) is 25.5 Å². The summed E-state index contributed by atoms with van der Waals surface area (Å²) in [4.78, 5) is 20.3. The van der Waals surface area contributed by atoms with E-state index in [1.54, 1.807) is 24.7 Å². The normalized spacial score (nSPS) is 10.4. The Balaban J connectivity index is 2.44. The van der Waals surface area contributed by atoms with Crippen LogP contribution in [0.5, 0.6) is 0 Å². The monoisotopic (exact) mass is 215 g/mol. The van der Waals surface area contributed by atoms with E-state index in [1.807, 2.05) is 24.6 Å². The topological polar surface area (TPSA) is 47.8 Å². The van der Waals surface area contributed by atoms with E-state index in [9.17, 15) is 4.79 Å². The quantitative estimate of drug-likeness (QED) is 0.734. The molecule has 2 aromatic rings. The number of aromatic nitrogens is 3. The average molecular weight is 215 g/mol. The Morgan fingerprint density at radius 3 is 2.94 bits per heavy atom. The second-order valence-corrected chi connectivity index (χ2v) is 3.56. The molecule has 0 aliphatic heterocycles. The Labute approximate surface area is 94.0 Å². The molecule has 0 saturated carbocycles. The first-order valence-corrected chi connectivity index (χ1v) is 5.20. The van der Waals surface area contributed by atoms with Crippen molar-refractivity contribution in [3.8, 4) is 0 Å². The third-order valence-corrected chi connectivity index (χ3v) is 2.52. The summed E-state index contributed by atoms with van der Waals surface area (Å²) in [5.41, 5.74) is 1.54. The molecule has 0 spiro atoms. The maximum Gasteiger partial charge on any atom is 0.228 e. The highest BCUT2D eigenvalue weighted by atomic mass is 16.1. The molecule has 2 heterocycles. The molecule has 0 unspecified atom stereocenters. The molecule has 0 aliphatic rings. The number of carbonyl (C=O) groups is 1. The van der Waals surface area contributed by atoms with Crippen molar-refractivity contribution in [2.24, 2.45) is 0 Å². The van der Waals surface area contributed by atoms with Gasteiger partial charge in [0.1, 0.15) is 0 Å². The van der Waals surface area contributed by atoms with Crippen LogP contribution >= 0.6 is 0 Å². The van der Waals surface area contributed by atoms with Gasteiger partial charge in [-0.1, -0.05) is 0 Å². The molecule has 0 bridgehead atoms. The molecule has 0 saturated heterocycles. The molecule has 0 radical (unpaired) electrons. The number of hydrogen-bond acceptors (Lipinski definition) is 3. The summed E-state index contributed by atoms with van der Waals surface area (Å²) in [6.07, 6.45) is 6.77. The molecule has 0 aromatic carbocycles. The molecular formula is C12H13N3O. The number of aryl methyl sites for hydroxylation is 2. The zero-order valence-corrected chi connectivity index (χ0v) is 9.34. The number of hydrogen-bond donors (Lipinski definition) is 0. The minimum Gasteiger partial charge on any atom is -0.328 e. The number of rotatable bonds is 3. The standard InChI is InChI=1S/C12H13N3O/c1-3-15-7-6-14-12(15)11(16)10-4-5-13-8-9(10)2/h4-8H,3H2,1-2H3. The van der Waals surface area contributed by atoms with Crippen LogP contribution < -0.4 is 0 Å². The molecule has 0 aliphatic carbocycles. The molecule has 0 amide bonds. The third kappa shape index (κ3) is 1.74. The largest absolute Gasteiger partial charge is 0.328 e. The van der Waals surface area contributed by atoms with Gasteiger partial charge >= 0.3 is 0 Å². The van der Waals surface area contributed by atoms with Crippen molar-refractivity contribution in [3.05, 3.63) is 47.8 Å². The van der Waals surface area contributed by atoms with E-state index in [0.717, 1.165) is 12.1 Å². The van der Waals surface area contributed by atoms with Crippen molar-refractivity contribution in [1.82, 2.24) is 14.5 Å².